The third-order valence-corrected chi connectivity index (χ3v) is 2.71. The molecule has 0 spiro atoms. The van der Waals surface area contributed by atoms with E-state index in [4.69, 9.17) is 15.2 Å². The van der Waals surface area contributed by atoms with E-state index in [9.17, 15) is 4.79 Å². The number of nitrogens with zero attached hydrogens (tertiary/aromatic N) is 1. The molecule has 0 radical (unpaired) electrons. The average molecular weight is 236 g/mol. The highest BCUT2D eigenvalue weighted by atomic mass is 16.6. The van der Waals surface area contributed by atoms with Crippen molar-refractivity contribution < 1.29 is 14.3 Å². The highest BCUT2D eigenvalue weighted by Crippen LogP contribution is 2.14. The molecule has 0 bridgehead atoms. The van der Waals surface area contributed by atoms with E-state index in [1.54, 1.807) is 12.1 Å². The predicted molar refractivity (Wildman–Crippen MR) is 62.5 cm³/mol. The Labute approximate surface area is 99.9 Å². The molecule has 0 aromatic carbocycles. The van der Waals surface area contributed by atoms with Gasteiger partial charge >= 0.3 is 5.97 Å². The SMILES string of the molecule is Nc1cccnc1C(=O)OCC1CCCCO1. The average Bonchev–Trinajstić information content (AvgIpc) is 2.38. The van der Waals surface area contributed by atoms with Gasteiger partial charge in [0.05, 0.1) is 11.8 Å². The zero-order chi connectivity index (χ0) is 12.1. The lowest BCUT2D eigenvalue weighted by atomic mass is 10.1. The Morgan fingerprint density at radius 2 is 2.47 bits per heavy atom. The number of carbonyl (C=O) groups excluding carboxylic acids is 1. The van der Waals surface area contributed by atoms with E-state index in [0.717, 1.165) is 25.9 Å². The second-order valence-corrected chi connectivity index (χ2v) is 4.03. The van der Waals surface area contributed by atoms with Crippen LogP contribution in [0.2, 0.25) is 0 Å². The standard InChI is InChI=1S/C12H16N2O3/c13-10-5-3-6-14-11(10)12(15)17-8-9-4-1-2-7-16-9/h3,5-6,9H,1-2,4,7-8,13H2. The normalized spacial score (nSPS) is 19.9. The number of carbonyl (C=O) groups is 1. The molecule has 5 heteroatoms. The maximum absolute atomic E-state index is 11.7. The first-order valence-electron chi connectivity index (χ1n) is 5.76. The van der Waals surface area contributed by atoms with Crippen LogP contribution in [0.15, 0.2) is 18.3 Å². The molecule has 1 unspecified atom stereocenters. The summed E-state index contributed by atoms with van der Waals surface area (Å²) in [5.74, 6) is -0.489. The fraction of sp³-hybridized carbons (Fsp3) is 0.500. The number of pyridine rings is 1. The molecule has 92 valence electrons. The van der Waals surface area contributed by atoms with Gasteiger partial charge in [0, 0.05) is 12.8 Å². The van der Waals surface area contributed by atoms with Crippen molar-refractivity contribution in [1.82, 2.24) is 4.98 Å². The minimum absolute atomic E-state index is 0.0117. The highest BCUT2D eigenvalue weighted by Gasteiger charge is 2.18. The Morgan fingerprint density at radius 1 is 1.59 bits per heavy atom. The lowest BCUT2D eigenvalue weighted by Gasteiger charge is -2.22. The maximum Gasteiger partial charge on any atom is 0.359 e. The van der Waals surface area contributed by atoms with E-state index in [2.05, 4.69) is 4.98 Å². The molecule has 0 saturated carbocycles. The number of ether oxygens (including phenoxy) is 2. The largest absolute Gasteiger partial charge is 0.458 e. The summed E-state index contributed by atoms with van der Waals surface area (Å²) >= 11 is 0. The second-order valence-electron chi connectivity index (χ2n) is 4.03. The van der Waals surface area contributed by atoms with Crippen molar-refractivity contribution in [3.63, 3.8) is 0 Å². The van der Waals surface area contributed by atoms with Crippen LogP contribution in [0.25, 0.3) is 0 Å². The van der Waals surface area contributed by atoms with Gasteiger partial charge in [-0.3, -0.25) is 0 Å². The Hall–Kier alpha value is -1.62. The van der Waals surface area contributed by atoms with E-state index in [-0.39, 0.29) is 18.4 Å². The zero-order valence-electron chi connectivity index (χ0n) is 9.59. The number of esters is 1. The minimum atomic E-state index is -0.489. The van der Waals surface area contributed by atoms with Crippen LogP contribution < -0.4 is 5.73 Å². The van der Waals surface area contributed by atoms with Crippen LogP contribution >= 0.6 is 0 Å². The molecule has 1 aliphatic heterocycles. The van der Waals surface area contributed by atoms with Crippen LogP contribution in [0.3, 0.4) is 0 Å². The summed E-state index contributed by atoms with van der Waals surface area (Å²) in [5.41, 5.74) is 6.14. The van der Waals surface area contributed by atoms with Gasteiger partial charge in [-0.1, -0.05) is 0 Å². The summed E-state index contributed by atoms with van der Waals surface area (Å²) in [6.07, 6.45) is 4.67. The third-order valence-electron chi connectivity index (χ3n) is 2.71. The van der Waals surface area contributed by atoms with E-state index in [1.807, 2.05) is 0 Å². The van der Waals surface area contributed by atoms with Crippen molar-refractivity contribution in [3.05, 3.63) is 24.0 Å². The van der Waals surface area contributed by atoms with Crippen LogP contribution in [0.1, 0.15) is 29.8 Å². The summed E-state index contributed by atoms with van der Waals surface area (Å²) in [5, 5.41) is 0. The fourth-order valence-corrected chi connectivity index (χ4v) is 1.76. The van der Waals surface area contributed by atoms with Gasteiger partial charge in [0.25, 0.3) is 0 Å². The van der Waals surface area contributed by atoms with Crippen molar-refractivity contribution in [2.24, 2.45) is 0 Å². The monoisotopic (exact) mass is 236 g/mol. The Morgan fingerprint density at radius 3 is 3.18 bits per heavy atom. The number of anilines is 1. The van der Waals surface area contributed by atoms with Gasteiger partial charge < -0.3 is 15.2 Å². The van der Waals surface area contributed by atoms with Gasteiger partial charge in [0.2, 0.25) is 0 Å². The lowest BCUT2D eigenvalue weighted by Crippen LogP contribution is -2.26. The lowest BCUT2D eigenvalue weighted by molar-refractivity contribution is -0.0302. The molecule has 17 heavy (non-hydrogen) atoms. The molecule has 1 aromatic rings. The molecule has 5 nitrogen and oxygen atoms in total. The van der Waals surface area contributed by atoms with Crippen LogP contribution in [0.5, 0.6) is 0 Å². The van der Waals surface area contributed by atoms with Gasteiger partial charge in [0.15, 0.2) is 5.69 Å². The number of hydrogen-bond acceptors (Lipinski definition) is 5. The molecule has 1 aliphatic rings. The molecular weight excluding hydrogens is 220 g/mol. The smallest absolute Gasteiger partial charge is 0.359 e. The number of nitrogen functional groups attached to an aromatic ring is 1. The van der Waals surface area contributed by atoms with Crippen LogP contribution in [-0.2, 0) is 9.47 Å². The van der Waals surface area contributed by atoms with Gasteiger partial charge in [-0.05, 0) is 31.4 Å². The van der Waals surface area contributed by atoms with Gasteiger partial charge in [0.1, 0.15) is 6.61 Å². The number of hydrogen-bond donors (Lipinski definition) is 1. The molecule has 2 N–H and O–H groups in total. The summed E-state index contributed by atoms with van der Waals surface area (Å²) in [4.78, 5) is 15.6. The molecule has 0 aliphatic carbocycles. The summed E-state index contributed by atoms with van der Waals surface area (Å²) in [6, 6.07) is 3.30. The van der Waals surface area contributed by atoms with E-state index >= 15 is 0 Å². The number of rotatable bonds is 3. The van der Waals surface area contributed by atoms with Crippen molar-refractivity contribution in [2.45, 2.75) is 25.4 Å². The fourth-order valence-electron chi connectivity index (χ4n) is 1.76. The summed E-state index contributed by atoms with van der Waals surface area (Å²) < 4.78 is 10.6. The molecular formula is C12H16N2O3. The van der Waals surface area contributed by atoms with Gasteiger partial charge in [-0.15, -0.1) is 0 Å². The van der Waals surface area contributed by atoms with Gasteiger partial charge in [-0.2, -0.15) is 0 Å². The van der Waals surface area contributed by atoms with Crippen LogP contribution in [0.4, 0.5) is 5.69 Å². The van der Waals surface area contributed by atoms with Crippen LogP contribution in [0, 0.1) is 0 Å². The molecule has 2 heterocycles. The first-order chi connectivity index (χ1) is 8.27. The zero-order valence-corrected chi connectivity index (χ0v) is 9.59. The molecule has 2 rings (SSSR count). The van der Waals surface area contributed by atoms with Crippen LogP contribution in [-0.4, -0.2) is 30.3 Å². The molecule has 1 fully saturated rings. The van der Waals surface area contributed by atoms with Gasteiger partial charge in [-0.25, -0.2) is 9.78 Å². The first-order valence-corrected chi connectivity index (χ1v) is 5.76. The Bertz CT molecular complexity index is 389. The predicted octanol–water partition coefficient (Wildman–Crippen LogP) is 1.39. The summed E-state index contributed by atoms with van der Waals surface area (Å²) in [7, 11) is 0. The first kappa shape index (κ1) is 11.9. The van der Waals surface area contributed by atoms with Crippen molar-refractivity contribution >= 4 is 11.7 Å². The Kier molecular flexibility index (Phi) is 3.93. The Balaban J connectivity index is 1.87. The summed E-state index contributed by atoms with van der Waals surface area (Å²) in [6.45, 7) is 1.02. The molecule has 1 saturated heterocycles. The number of aromatic nitrogens is 1. The molecule has 1 atom stereocenters. The van der Waals surface area contributed by atoms with Crippen molar-refractivity contribution in [3.8, 4) is 0 Å². The van der Waals surface area contributed by atoms with E-state index in [1.165, 1.54) is 6.20 Å². The van der Waals surface area contributed by atoms with Crippen molar-refractivity contribution in [1.29, 1.82) is 0 Å². The number of nitrogens with two attached hydrogens (primary N) is 1. The molecule has 0 amide bonds. The minimum Gasteiger partial charge on any atom is -0.458 e. The second kappa shape index (κ2) is 5.63. The third kappa shape index (κ3) is 3.17. The highest BCUT2D eigenvalue weighted by molar-refractivity contribution is 5.92. The maximum atomic E-state index is 11.7. The van der Waals surface area contributed by atoms with Crippen molar-refractivity contribution in [2.75, 3.05) is 18.9 Å². The quantitative estimate of drug-likeness (QED) is 0.803. The topological polar surface area (TPSA) is 74.4 Å². The molecule has 1 aromatic heterocycles. The van der Waals surface area contributed by atoms with E-state index in [0.29, 0.717) is 5.69 Å². The van der Waals surface area contributed by atoms with E-state index < -0.39 is 5.97 Å².